The molecule has 1 aromatic carbocycles. The molecule has 2 heterocycles. The molecule has 0 radical (unpaired) electrons. The molecule has 1 aliphatic heterocycles. The van der Waals surface area contributed by atoms with Crippen LogP contribution in [0.25, 0.3) is 0 Å². The first kappa shape index (κ1) is 18.1. The maximum Gasteiger partial charge on any atom is 0.254 e. The van der Waals surface area contributed by atoms with Crippen LogP contribution in [-0.4, -0.2) is 64.8 Å². The second kappa shape index (κ2) is 7.67. The quantitative estimate of drug-likeness (QED) is 0.783. The first-order valence-electron chi connectivity index (χ1n) is 8.11. The molecule has 3 rings (SSSR count). The molecular formula is C17H19ClN6O2. The normalized spacial score (nSPS) is 14.9. The lowest BCUT2D eigenvalue weighted by molar-refractivity contribution is 0.0664. The molecule has 2 aromatic rings. The van der Waals surface area contributed by atoms with Crippen LogP contribution in [0.4, 0.5) is 11.5 Å². The second-order valence-electron chi connectivity index (χ2n) is 6.06. The van der Waals surface area contributed by atoms with Crippen molar-refractivity contribution in [2.45, 2.75) is 0 Å². The van der Waals surface area contributed by atoms with Crippen LogP contribution in [0.15, 0.2) is 30.5 Å². The largest absolute Gasteiger partial charge is 0.365 e. The predicted molar refractivity (Wildman–Crippen MR) is 98.7 cm³/mol. The van der Waals surface area contributed by atoms with Crippen molar-refractivity contribution in [1.29, 1.82) is 0 Å². The molecule has 2 amide bonds. The molecule has 9 heteroatoms. The number of aromatic nitrogens is 2. The van der Waals surface area contributed by atoms with E-state index in [0.29, 0.717) is 11.3 Å². The highest BCUT2D eigenvalue weighted by Gasteiger charge is 2.20. The zero-order valence-corrected chi connectivity index (χ0v) is 15.0. The number of primary amides is 1. The van der Waals surface area contributed by atoms with Gasteiger partial charge in [-0.1, -0.05) is 0 Å². The van der Waals surface area contributed by atoms with Crippen LogP contribution in [0.5, 0.6) is 0 Å². The van der Waals surface area contributed by atoms with E-state index in [0.717, 1.165) is 26.2 Å². The first-order valence-corrected chi connectivity index (χ1v) is 8.49. The van der Waals surface area contributed by atoms with Crippen LogP contribution in [-0.2, 0) is 0 Å². The number of anilines is 2. The molecule has 26 heavy (non-hydrogen) atoms. The fraction of sp³-hybridized carbons (Fsp3) is 0.294. The van der Waals surface area contributed by atoms with Gasteiger partial charge in [-0.3, -0.25) is 9.59 Å². The number of piperazine rings is 1. The number of nitrogens with one attached hydrogen (secondary N) is 1. The standard InChI is InChI=1S/C17H19ClN6O2/c1-23-6-8-24(9-7-23)16(26)11-2-4-12(5-3-11)21-15-13(14(19)25)10-20-17(18)22-15/h2-5,10H,6-9H2,1H3,(H2,19,25)(H,20,21,22). The molecule has 1 aromatic heterocycles. The van der Waals surface area contributed by atoms with Gasteiger partial charge in [-0.05, 0) is 42.9 Å². The zero-order valence-electron chi connectivity index (χ0n) is 14.3. The smallest absolute Gasteiger partial charge is 0.254 e. The van der Waals surface area contributed by atoms with E-state index in [-0.39, 0.29) is 22.6 Å². The van der Waals surface area contributed by atoms with Crippen LogP contribution >= 0.6 is 11.6 Å². The van der Waals surface area contributed by atoms with Crippen molar-refractivity contribution in [3.05, 3.63) is 46.9 Å². The van der Waals surface area contributed by atoms with Gasteiger partial charge < -0.3 is 20.9 Å². The van der Waals surface area contributed by atoms with Crippen molar-refractivity contribution in [2.75, 3.05) is 38.5 Å². The highest BCUT2D eigenvalue weighted by atomic mass is 35.5. The minimum atomic E-state index is -0.661. The topological polar surface area (TPSA) is 104 Å². The average Bonchev–Trinajstić information content (AvgIpc) is 2.62. The van der Waals surface area contributed by atoms with E-state index in [1.807, 2.05) is 11.9 Å². The zero-order chi connectivity index (χ0) is 18.7. The van der Waals surface area contributed by atoms with Crippen molar-refractivity contribution in [3.8, 4) is 0 Å². The lowest BCUT2D eigenvalue weighted by Crippen LogP contribution is -2.47. The maximum atomic E-state index is 12.6. The van der Waals surface area contributed by atoms with Crippen molar-refractivity contribution >= 4 is 34.9 Å². The van der Waals surface area contributed by atoms with Gasteiger partial charge in [0.15, 0.2) is 0 Å². The third-order valence-electron chi connectivity index (χ3n) is 4.21. The lowest BCUT2D eigenvalue weighted by Gasteiger charge is -2.32. The van der Waals surface area contributed by atoms with Gasteiger partial charge in [0.25, 0.3) is 11.8 Å². The Morgan fingerprint density at radius 1 is 1.15 bits per heavy atom. The number of carbonyl (C=O) groups is 2. The van der Waals surface area contributed by atoms with Crippen LogP contribution in [0.2, 0.25) is 5.28 Å². The molecule has 0 saturated carbocycles. The molecule has 3 N–H and O–H groups in total. The summed E-state index contributed by atoms with van der Waals surface area (Å²) in [6, 6.07) is 6.94. The van der Waals surface area contributed by atoms with Crippen molar-refractivity contribution in [3.63, 3.8) is 0 Å². The van der Waals surface area contributed by atoms with Crippen LogP contribution < -0.4 is 11.1 Å². The molecule has 0 bridgehead atoms. The number of rotatable bonds is 4. The summed E-state index contributed by atoms with van der Waals surface area (Å²) in [5.74, 6) is -0.436. The van der Waals surface area contributed by atoms with Crippen LogP contribution in [0.3, 0.4) is 0 Å². The van der Waals surface area contributed by atoms with Crippen molar-refractivity contribution in [1.82, 2.24) is 19.8 Å². The van der Waals surface area contributed by atoms with Gasteiger partial charge in [-0.15, -0.1) is 0 Å². The van der Waals surface area contributed by atoms with Crippen LogP contribution in [0, 0.1) is 0 Å². The van der Waals surface area contributed by atoms with Gasteiger partial charge in [0.2, 0.25) is 5.28 Å². The van der Waals surface area contributed by atoms with Gasteiger partial charge in [-0.25, -0.2) is 4.98 Å². The van der Waals surface area contributed by atoms with Gasteiger partial charge in [0.05, 0.1) is 0 Å². The summed E-state index contributed by atoms with van der Waals surface area (Å²) in [6.45, 7) is 3.18. The summed E-state index contributed by atoms with van der Waals surface area (Å²) >= 11 is 5.78. The average molecular weight is 375 g/mol. The van der Waals surface area contributed by atoms with E-state index in [1.54, 1.807) is 24.3 Å². The highest BCUT2D eigenvalue weighted by Crippen LogP contribution is 2.20. The van der Waals surface area contributed by atoms with E-state index in [9.17, 15) is 9.59 Å². The Morgan fingerprint density at radius 2 is 1.81 bits per heavy atom. The number of hydrogen-bond acceptors (Lipinski definition) is 6. The Balaban J connectivity index is 1.73. The number of likely N-dealkylation sites (N-methyl/N-ethyl adjacent to an activating group) is 1. The van der Waals surface area contributed by atoms with Gasteiger partial charge >= 0.3 is 0 Å². The number of benzene rings is 1. The maximum absolute atomic E-state index is 12.6. The highest BCUT2D eigenvalue weighted by molar-refractivity contribution is 6.28. The molecule has 0 spiro atoms. The minimum absolute atomic E-state index is 0.000589. The minimum Gasteiger partial charge on any atom is -0.365 e. The first-order chi connectivity index (χ1) is 12.4. The summed E-state index contributed by atoms with van der Waals surface area (Å²) in [7, 11) is 2.04. The van der Waals surface area contributed by atoms with Gasteiger partial charge in [0.1, 0.15) is 11.4 Å². The summed E-state index contributed by atoms with van der Waals surface area (Å²) in [5, 5.41) is 2.98. The number of hydrogen-bond donors (Lipinski definition) is 2. The molecule has 136 valence electrons. The predicted octanol–water partition coefficient (Wildman–Crippen LogP) is 1.36. The summed E-state index contributed by atoms with van der Waals surface area (Å²) in [5.41, 5.74) is 6.71. The Bertz CT molecular complexity index is 819. The Kier molecular flexibility index (Phi) is 5.34. The number of nitrogens with zero attached hydrogens (tertiary/aromatic N) is 4. The molecule has 1 saturated heterocycles. The van der Waals surface area contributed by atoms with E-state index < -0.39 is 5.91 Å². The molecule has 0 unspecified atom stereocenters. The fourth-order valence-electron chi connectivity index (χ4n) is 2.66. The van der Waals surface area contributed by atoms with E-state index in [1.165, 1.54) is 6.20 Å². The Hall–Kier alpha value is -2.71. The van der Waals surface area contributed by atoms with Crippen LogP contribution in [0.1, 0.15) is 20.7 Å². The molecule has 1 fully saturated rings. The second-order valence-corrected chi connectivity index (χ2v) is 6.40. The summed E-state index contributed by atoms with van der Waals surface area (Å²) in [4.78, 5) is 35.8. The summed E-state index contributed by atoms with van der Waals surface area (Å²) in [6.07, 6.45) is 1.27. The SMILES string of the molecule is CN1CCN(C(=O)c2ccc(Nc3nc(Cl)ncc3C(N)=O)cc2)CC1. The number of carbonyl (C=O) groups excluding carboxylic acids is 2. The van der Waals surface area contributed by atoms with Gasteiger partial charge in [0, 0.05) is 43.6 Å². The van der Waals surface area contributed by atoms with E-state index in [2.05, 4.69) is 20.2 Å². The summed E-state index contributed by atoms with van der Waals surface area (Å²) < 4.78 is 0. The monoisotopic (exact) mass is 374 g/mol. The molecule has 1 aliphatic rings. The Morgan fingerprint density at radius 3 is 2.42 bits per heavy atom. The van der Waals surface area contributed by atoms with Crippen molar-refractivity contribution in [2.24, 2.45) is 5.73 Å². The van der Waals surface area contributed by atoms with Gasteiger partial charge in [-0.2, -0.15) is 4.98 Å². The third kappa shape index (κ3) is 4.09. The lowest BCUT2D eigenvalue weighted by atomic mass is 10.1. The molecule has 0 aliphatic carbocycles. The molecule has 8 nitrogen and oxygen atoms in total. The third-order valence-corrected chi connectivity index (χ3v) is 4.39. The number of halogens is 1. The van der Waals surface area contributed by atoms with E-state index in [4.69, 9.17) is 17.3 Å². The van der Waals surface area contributed by atoms with E-state index >= 15 is 0 Å². The van der Waals surface area contributed by atoms with Crippen molar-refractivity contribution < 1.29 is 9.59 Å². The number of amides is 2. The number of nitrogens with two attached hydrogens (primary N) is 1. The fourth-order valence-corrected chi connectivity index (χ4v) is 2.79. The molecular weight excluding hydrogens is 356 g/mol. The Labute approximate surface area is 156 Å². The molecule has 0 atom stereocenters.